The van der Waals surface area contributed by atoms with Gasteiger partial charge in [0.05, 0.1) is 19.3 Å². The maximum absolute atomic E-state index is 8.95. The molecule has 1 N–H and O–H groups in total. The SMILES string of the molecule is OCCn1cc(C2=CCN(CCOc3ccc(Cl)cc3)CC2)cn1. The van der Waals surface area contributed by atoms with Gasteiger partial charge in [-0.1, -0.05) is 17.7 Å². The van der Waals surface area contributed by atoms with Crippen LogP contribution in [0.1, 0.15) is 12.0 Å². The molecule has 1 aromatic carbocycles. The molecular formula is C18H22ClN3O2. The van der Waals surface area contributed by atoms with Crippen molar-refractivity contribution in [2.45, 2.75) is 13.0 Å². The second-order valence-electron chi connectivity index (χ2n) is 5.80. The van der Waals surface area contributed by atoms with Gasteiger partial charge in [0.25, 0.3) is 0 Å². The first-order valence-corrected chi connectivity index (χ1v) is 8.56. The Morgan fingerprint density at radius 1 is 1.21 bits per heavy atom. The minimum absolute atomic E-state index is 0.113. The van der Waals surface area contributed by atoms with Crippen molar-refractivity contribution in [1.29, 1.82) is 0 Å². The molecule has 0 atom stereocenters. The Kier molecular flexibility index (Phi) is 5.91. The van der Waals surface area contributed by atoms with Crippen LogP contribution in [-0.4, -0.2) is 52.6 Å². The van der Waals surface area contributed by atoms with Crippen LogP contribution >= 0.6 is 11.6 Å². The van der Waals surface area contributed by atoms with Gasteiger partial charge in [-0.25, -0.2) is 0 Å². The first kappa shape index (κ1) is 17.0. The number of aromatic nitrogens is 2. The van der Waals surface area contributed by atoms with Gasteiger partial charge < -0.3 is 9.84 Å². The lowest BCUT2D eigenvalue weighted by Gasteiger charge is -2.25. The number of hydrogen-bond acceptors (Lipinski definition) is 4. The van der Waals surface area contributed by atoms with Crippen LogP contribution in [0, 0.1) is 0 Å². The first-order valence-electron chi connectivity index (χ1n) is 8.18. The molecule has 5 nitrogen and oxygen atoms in total. The van der Waals surface area contributed by atoms with Gasteiger partial charge in [-0.3, -0.25) is 9.58 Å². The minimum atomic E-state index is 0.113. The summed E-state index contributed by atoms with van der Waals surface area (Å²) in [5, 5.41) is 13.9. The minimum Gasteiger partial charge on any atom is -0.492 e. The van der Waals surface area contributed by atoms with Crippen LogP contribution in [0.2, 0.25) is 5.02 Å². The number of aliphatic hydroxyl groups is 1. The molecule has 0 amide bonds. The van der Waals surface area contributed by atoms with Crippen LogP contribution < -0.4 is 4.74 Å². The fraction of sp³-hybridized carbons (Fsp3) is 0.389. The summed E-state index contributed by atoms with van der Waals surface area (Å²) in [6.07, 6.45) is 7.14. The third-order valence-electron chi connectivity index (χ3n) is 4.12. The fourth-order valence-electron chi connectivity index (χ4n) is 2.75. The van der Waals surface area contributed by atoms with Gasteiger partial charge in [-0.15, -0.1) is 0 Å². The normalized spacial score (nSPS) is 15.3. The van der Waals surface area contributed by atoms with Crippen molar-refractivity contribution in [3.63, 3.8) is 0 Å². The molecule has 0 fully saturated rings. The monoisotopic (exact) mass is 347 g/mol. The van der Waals surface area contributed by atoms with E-state index < -0.39 is 0 Å². The van der Waals surface area contributed by atoms with Gasteiger partial charge in [0.1, 0.15) is 12.4 Å². The number of benzene rings is 1. The third kappa shape index (κ3) is 4.60. The van der Waals surface area contributed by atoms with E-state index >= 15 is 0 Å². The van der Waals surface area contributed by atoms with Crippen molar-refractivity contribution in [3.05, 3.63) is 53.3 Å². The maximum atomic E-state index is 8.95. The van der Waals surface area contributed by atoms with Gasteiger partial charge in [-0.05, 0) is 36.3 Å². The zero-order valence-corrected chi connectivity index (χ0v) is 14.3. The van der Waals surface area contributed by atoms with Crippen LogP contribution in [0.15, 0.2) is 42.7 Å². The topological polar surface area (TPSA) is 50.5 Å². The fourth-order valence-corrected chi connectivity index (χ4v) is 2.88. The zero-order valence-electron chi connectivity index (χ0n) is 13.6. The lowest BCUT2D eigenvalue weighted by molar-refractivity contribution is 0.222. The number of halogens is 1. The van der Waals surface area contributed by atoms with E-state index in [-0.39, 0.29) is 6.61 Å². The summed E-state index contributed by atoms with van der Waals surface area (Å²) in [4.78, 5) is 2.37. The molecule has 2 aromatic rings. The summed E-state index contributed by atoms with van der Waals surface area (Å²) in [7, 11) is 0. The van der Waals surface area contributed by atoms with Gasteiger partial charge in [-0.2, -0.15) is 5.10 Å². The standard InChI is InChI=1S/C18H22ClN3O2/c19-17-1-3-18(4-2-17)24-12-10-21-7-5-15(6-8-21)16-13-20-22(14-16)9-11-23/h1-5,13-14,23H,6-12H2. The van der Waals surface area contributed by atoms with E-state index in [1.54, 1.807) is 4.68 Å². The predicted molar refractivity (Wildman–Crippen MR) is 95.3 cm³/mol. The molecular weight excluding hydrogens is 326 g/mol. The van der Waals surface area contributed by atoms with E-state index in [1.165, 1.54) is 5.57 Å². The van der Waals surface area contributed by atoms with Crippen molar-refractivity contribution < 1.29 is 9.84 Å². The first-order chi connectivity index (χ1) is 11.7. The molecule has 128 valence electrons. The number of nitrogens with zero attached hydrogens (tertiary/aromatic N) is 3. The predicted octanol–water partition coefficient (Wildman–Crippen LogP) is 2.70. The summed E-state index contributed by atoms with van der Waals surface area (Å²) in [5.74, 6) is 0.851. The molecule has 6 heteroatoms. The van der Waals surface area contributed by atoms with Crippen LogP contribution in [0.3, 0.4) is 0 Å². The molecule has 1 aliphatic rings. The lowest BCUT2D eigenvalue weighted by atomic mass is 10.0. The van der Waals surface area contributed by atoms with Crippen LogP contribution in [0.25, 0.3) is 5.57 Å². The smallest absolute Gasteiger partial charge is 0.119 e. The highest BCUT2D eigenvalue weighted by Crippen LogP contribution is 2.22. The molecule has 0 radical (unpaired) electrons. The van der Waals surface area contributed by atoms with Crippen molar-refractivity contribution in [3.8, 4) is 5.75 Å². The van der Waals surface area contributed by atoms with Gasteiger partial charge in [0, 0.05) is 36.4 Å². The Labute approximate surface area is 147 Å². The maximum Gasteiger partial charge on any atom is 0.119 e. The molecule has 0 unspecified atom stereocenters. The van der Waals surface area contributed by atoms with Crippen molar-refractivity contribution in [2.75, 3.05) is 32.8 Å². The molecule has 3 rings (SSSR count). The molecule has 0 saturated heterocycles. The van der Waals surface area contributed by atoms with E-state index in [4.69, 9.17) is 21.4 Å². The van der Waals surface area contributed by atoms with E-state index in [0.717, 1.165) is 42.4 Å². The largest absolute Gasteiger partial charge is 0.492 e. The molecule has 0 aliphatic carbocycles. The van der Waals surface area contributed by atoms with Crippen molar-refractivity contribution in [1.82, 2.24) is 14.7 Å². The van der Waals surface area contributed by atoms with Crippen LogP contribution in [-0.2, 0) is 6.54 Å². The number of hydrogen-bond donors (Lipinski definition) is 1. The van der Waals surface area contributed by atoms with E-state index in [9.17, 15) is 0 Å². The molecule has 24 heavy (non-hydrogen) atoms. The Bertz CT molecular complexity index is 682. The Morgan fingerprint density at radius 2 is 2.04 bits per heavy atom. The number of aliphatic hydroxyl groups excluding tert-OH is 1. The van der Waals surface area contributed by atoms with Crippen LogP contribution in [0.4, 0.5) is 0 Å². The van der Waals surface area contributed by atoms with E-state index in [1.807, 2.05) is 36.7 Å². The Hall–Kier alpha value is -1.82. The average Bonchev–Trinajstić information content (AvgIpc) is 3.06. The van der Waals surface area contributed by atoms with E-state index in [0.29, 0.717) is 13.2 Å². The number of ether oxygens (including phenoxy) is 1. The lowest BCUT2D eigenvalue weighted by Crippen LogP contribution is -2.32. The third-order valence-corrected chi connectivity index (χ3v) is 4.37. The summed E-state index contributed by atoms with van der Waals surface area (Å²) < 4.78 is 7.53. The summed E-state index contributed by atoms with van der Waals surface area (Å²) in [6.45, 7) is 4.16. The Morgan fingerprint density at radius 3 is 2.75 bits per heavy atom. The van der Waals surface area contributed by atoms with Crippen molar-refractivity contribution >= 4 is 17.2 Å². The molecule has 1 aromatic heterocycles. The molecule has 2 heterocycles. The second kappa shape index (κ2) is 8.33. The van der Waals surface area contributed by atoms with E-state index in [2.05, 4.69) is 16.1 Å². The quantitative estimate of drug-likeness (QED) is 0.836. The molecule has 0 saturated carbocycles. The highest BCUT2D eigenvalue weighted by Gasteiger charge is 2.14. The molecule has 1 aliphatic heterocycles. The van der Waals surface area contributed by atoms with Gasteiger partial charge >= 0.3 is 0 Å². The highest BCUT2D eigenvalue weighted by atomic mass is 35.5. The van der Waals surface area contributed by atoms with Gasteiger partial charge in [0.2, 0.25) is 0 Å². The van der Waals surface area contributed by atoms with Gasteiger partial charge in [0.15, 0.2) is 0 Å². The highest BCUT2D eigenvalue weighted by molar-refractivity contribution is 6.30. The molecule has 0 bridgehead atoms. The summed E-state index contributed by atoms with van der Waals surface area (Å²) in [5.41, 5.74) is 2.48. The zero-order chi connectivity index (χ0) is 16.8. The molecule has 0 spiro atoms. The number of rotatable bonds is 7. The second-order valence-corrected chi connectivity index (χ2v) is 6.23. The average molecular weight is 348 g/mol. The van der Waals surface area contributed by atoms with Crippen LogP contribution in [0.5, 0.6) is 5.75 Å². The summed E-state index contributed by atoms with van der Waals surface area (Å²) in [6, 6.07) is 7.45. The Balaban J connectivity index is 1.45. The van der Waals surface area contributed by atoms with Crippen molar-refractivity contribution in [2.24, 2.45) is 0 Å². The summed E-state index contributed by atoms with van der Waals surface area (Å²) >= 11 is 5.86.